The molecule has 0 aromatic carbocycles. The van der Waals surface area contributed by atoms with Crippen LogP contribution in [0.1, 0.15) is 5.56 Å². The molecule has 5 nitrogen and oxygen atoms in total. The second kappa shape index (κ2) is 7.06. The lowest BCUT2D eigenvalue weighted by Crippen LogP contribution is -2.19. The van der Waals surface area contributed by atoms with Gasteiger partial charge in [-0.3, -0.25) is 4.98 Å². The summed E-state index contributed by atoms with van der Waals surface area (Å²) in [6.45, 7) is 0.591. The summed E-state index contributed by atoms with van der Waals surface area (Å²) in [6.07, 6.45) is -1.45. The molecule has 130 valence electrons. The fourth-order valence-electron chi connectivity index (χ4n) is 1.95. The number of aryl methyl sites for hydroxylation is 1. The molecular weight excluding hydrogens is 353 g/mol. The summed E-state index contributed by atoms with van der Waals surface area (Å²) in [6, 6.07) is 6.78. The first kappa shape index (κ1) is 17.2. The van der Waals surface area contributed by atoms with Gasteiger partial charge in [0.15, 0.2) is 11.7 Å². The van der Waals surface area contributed by atoms with Gasteiger partial charge in [0.05, 0.1) is 11.9 Å². The lowest BCUT2D eigenvalue weighted by molar-refractivity contribution is -0.153. The van der Waals surface area contributed by atoms with Crippen molar-refractivity contribution in [1.29, 1.82) is 0 Å². The molecule has 0 aliphatic rings. The van der Waals surface area contributed by atoms with Gasteiger partial charge in [-0.05, 0) is 30.7 Å². The third kappa shape index (κ3) is 4.66. The maximum Gasteiger partial charge on any atom is 0.422 e. The molecule has 0 fully saturated rings. The van der Waals surface area contributed by atoms with Gasteiger partial charge in [-0.15, -0.1) is 11.3 Å². The van der Waals surface area contributed by atoms with Crippen LogP contribution in [0.4, 0.5) is 24.1 Å². The zero-order valence-corrected chi connectivity index (χ0v) is 13.9. The van der Waals surface area contributed by atoms with Crippen molar-refractivity contribution in [3.05, 3.63) is 47.6 Å². The second-order valence-electron chi connectivity index (χ2n) is 5.11. The van der Waals surface area contributed by atoms with Crippen LogP contribution in [0.25, 0.3) is 11.4 Å². The molecule has 9 heteroatoms. The van der Waals surface area contributed by atoms with Crippen molar-refractivity contribution in [2.75, 3.05) is 11.9 Å². The van der Waals surface area contributed by atoms with Crippen LogP contribution >= 0.6 is 11.3 Å². The number of ether oxygens (including phenoxy) is 1. The van der Waals surface area contributed by atoms with Crippen molar-refractivity contribution in [1.82, 2.24) is 15.0 Å². The first-order chi connectivity index (χ1) is 11.9. The molecule has 3 rings (SSSR count). The van der Waals surface area contributed by atoms with E-state index >= 15 is 0 Å². The van der Waals surface area contributed by atoms with E-state index in [9.17, 15) is 13.2 Å². The quantitative estimate of drug-likeness (QED) is 0.715. The van der Waals surface area contributed by atoms with E-state index in [4.69, 9.17) is 0 Å². The van der Waals surface area contributed by atoms with E-state index in [1.165, 1.54) is 23.6 Å². The van der Waals surface area contributed by atoms with Gasteiger partial charge < -0.3 is 10.1 Å². The molecule has 0 aliphatic heterocycles. The van der Waals surface area contributed by atoms with Crippen LogP contribution in [-0.4, -0.2) is 27.7 Å². The van der Waals surface area contributed by atoms with Gasteiger partial charge in [-0.25, -0.2) is 9.97 Å². The van der Waals surface area contributed by atoms with Gasteiger partial charge in [0, 0.05) is 11.6 Å². The van der Waals surface area contributed by atoms with Gasteiger partial charge >= 0.3 is 6.18 Å². The smallest absolute Gasteiger partial charge is 0.422 e. The summed E-state index contributed by atoms with van der Waals surface area (Å²) in [7, 11) is 0. The van der Waals surface area contributed by atoms with Crippen LogP contribution in [0.3, 0.4) is 0 Å². The molecule has 1 N–H and O–H groups in total. The normalized spacial score (nSPS) is 11.4. The van der Waals surface area contributed by atoms with Gasteiger partial charge in [-0.1, -0.05) is 6.07 Å². The minimum absolute atomic E-state index is 0.0544. The number of thiazole rings is 1. The number of anilines is 2. The van der Waals surface area contributed by atoms with Crippen LogP contribution in [0.15, 0.2) is 42.0 Å². The van der Waals surface area contributed by atoms with Crippen LogP contribution in [0.2, 0.25) is 0 Å². The van der Waals surface area contributed by atoms with Crippen molar-refractivity contribution in [2.24, 2.45) is 0 Å². The number of aromatic nitrogens is 3. The highest BCUT2D eigenvalue weighted by Crippen LogP contribution is 2.27. The second-order valence-corrected chi connectivity index (χ2v) is 5.97. The predicted octanol–water partition coefficient (Wildman–Crippen LogP) is 4.59. The minimum atomic E-state index is -4.38. The fourth-order valence-corrected chi connectivity index (χ4v) is 2.65. The van der Waals surface area contributed by atoms with Crippen molar-refractivity contribution in [3.63, 3.8) is 0 Å². The van der Waals surface area contributed by atoms with E-state index < -0.39 is 12.8 Å². The highest BCUT2D eigenvalue weighted by atomic mass is 32.1. The summed E-state index contributed by atoms with van der Waals surface area (Å²) in [5.41, 5.74) is 2.15. The molecule has 3 heterocycles. The fraction of sp³-hybridized carbons (Fsp3) is 0.188. The molecule has 0 spiro atoms. The van der Waals surface area contributed by atoms with E-state index in [-0.39, 0.29) is 5.75 Å². The average molecular weight is 366 g/mol. The Kier molecular flexibility index (Phi) is 4.84. The van der Waals surface area contributed by atoms with Gasteiger partial charge in [-0.2, -0.15) is 13.2 Å². The number of pyridine rings is 2. The molecule has 25 heavy (non-hydrogen) atoms. The van der Waals surface area contributed by atoms with E-state index in [0.717, 1.165) is 5.56 Å². The maximum absolute atomic E-state index is 12.1. The Hall–Kier alpha value is -2.68. The predicted molar refractivity (Wildman–Crippen MR) is 89.2 cm³/mol. The van der Waals surface area contributed by atoms with E-state index in [1.807, 2.05) is 19.1 Å². The molecule has 0 unspecified atom stereocenters. The molecule has 3 aromatic rings. The summed E-state index contributed by atoms with van der Waals surface area (Å²) in [4.78, 5) is 12.8. The first-order valence-electron chi connectivity index (χ1n) is 7.21. The number of rotatable bonds is 5. The molecule has 0 amide bonds. The lowest BCUT2D eigenvalue weighted by atomic mass is 10.3. The molecule has 0 saturated carbocycles. The number of nitrogens with one attached hydrogen (secondary N) is 1. The molecule has 0 bridgehead atoms. The maximum atomic E-state index is 12.1. The summed E-state index contributed by atoms with van der Waals surface area (Å²) >= 11 is 1.38. The summed E-state index contributed by atoms with van der Waals surface area (Å²) < 4.78 is 41.0. The molecular formula is C16H13F3N4OS. The Morgan fingerprint density at radius 1 is 1.16 bits per heavy atom. The summed E-state index contributed by atoms with van der Waals surface area (Å²) in [5.74, 6) is 0.769. The highest BCUT2D eigenvalue weighted by Gasteiger charge is 2.28. The molecule has 0 saturated heterocycles. The standard InChI is InChI=1S/C16H13F3N4OS/c1-10-3-2-6-20-14(10)23-15-22-13(8-25-15)12-5-4-11(7-21-12)24-9-16(17,18)19/h2-8H,9H2,1H3,(H,20,22,23). The first-order valence-corrected chi connectivity index (χ1v) is 8.09. The zero-order valence-electron chi connectivity index (χ0n) is 13.0. The third-order valence-electron chi connectivity index (χ3n) is 3.14. The molecule has 3 aromatic heterocycles. The number of hydrogen-bond donors (Lipinski definition) is 1. The van der Waals surface area contributed by atoms with Crippen molar-refractivity contribution >= 4 is 22.3 Å². The number of halogens is 3. The van der Waals surface area contributed by atoms with Crippen LogP contribution in [-0.2, 0) is 0 Å². The van der Waals surface area contributed by atoms with Crippen molar-refractivity contribution in [2.45, 2.75) is 13.1 Å². The number of hydrogen-bond acceptors (Lipinski definition) is 6. The Morgan fingerprint density at radius 3 is 2.68 bits per heavy atom. The van der Waals surface area contributed by atoms with Crippen molar-refractivity contribution in [3.8, 4) is 17.1 Å². The largest absolute Gasteiger partial charge is 0.483 e. The van der Waals surface area contributed by atoms with Crippen LogP contribution < -0.4 is 10.1 Å². The zero-order chi connectivity index (χ0) is 17.9. The third-order valence-corrected chi connectivity index (χ3v) is 3.90. The SMILES string of the molecule is Cc1cccnc1Nc1nc(-c2ccc(OCC(F)(F)F)cn2)cs1. The average Bonchev–Trinajstić information content (AvgIpc) is 3.03. The Morgan fingerprint density at radius 2 is 2.00 bits per heavy atom. The molecule has 0 atom stereocenters. The van der Waals surface area contributed by atoms with E-state index in [1.54, 1.807) is 17.6 Å². The Labute approximate surface area is 145 Å². The van der Waals surface area contributed by atoms with Crippen LogP contribution in [0.5, 0.6) is 5.75 Å². The Balaban J connectivity index is 1.69. The van der Waals surface area contributed by atoms with Gasteiger partial charge in [0.2, 0.25) is 0 Å². The summed E-state index contributed by atoms with van der Waals surface area (Å²) in [5, 5.41) is 5.58. The number of alkyl halides is 3. The lowest BCUT2D eigenvalue weighted by Gasteiger charge is -2.08. The monoisotopic (exact) mass is 366 g/mol. The van der Waals surface area contributed by atoms with Gasteiger partial charge in [0.1, 0.15) is 17.3 Å². The minimum Gasteiger partial charge on any atom is -0.483 e. The van der Waals surface area contributed by atoms with Gasteiger partial charge in [0.25, 0.3) is 0 Å². The topological polar surface area (TPSA) is 59.9 Å². The molecule has 0 radical (unpaired) electrons. The molecule has 0 aliphatic carbocycles. The van der Waals surface area contributed by atoms with Crippen molar-refractivity contribution < 1.29 is 17.9 Å². The van der Waals surface area contributed by atoms with E-state index in [2.05, 4.69) is 25.0 Å². The Bertz CT molecular complexity index is 849. The van der Waals surface area contributed by atoms with Crippen LogP contribution in [0, 0.1) is 6.92 Å². The van der Waals surface area contributed by atoms with E-state index in [0.29, 0.717) is 22.3 Å². The highest BCUT2D eigenvalue weighted by molar-refractivity contribution is 7.14. The number of nitrogens with zero attached hydrogens (tertiary/aromatic N) is 3.